The van der Waals surface area contributed by atoms with Gasteiger partial charge in [0.15, 0.2) is 5.16 Å². The van der Waals surface area contributed by atoms with Gasteiger partial charge in [-0.05, 0) is 43.5 Å². The van der Waals surface area contributed by atoms with Crippen molar-refractivity contribution in [3.8, 4) is 5.75 Å². The number of halogens is 1. The van der Waals surface area contributed by atoms with Gasteiger partial charge in [-0.2, -0.15) is 0 Å². The second-order valence-corrected chi connectivity index (χ2v) is 8.51. The summed E-state index contributed by atoms with van der Waals surface area (Å²) >= 11 is 7.74. The molecule has 0 saturated carbocycles. The Morgan fingerprint density at radius 3 is 2.66 bits per heavy atom. The SMILES string of the molecule is O=C(Cn1c(SCCOc2ccccc2Cl)nc2ccccc21)N1CCCCC1. The Morgan fingerprint density at radius 1 is 1.07 bits per heavy atom. The minimum absolute atomic E-state index is 0.169. The fourth-order valence-corrected chi connectivity index (χ4v) is 4.56. The van der Waals surface area contributed by atoms with E-state index in [1.165, 1.54) is 6.42 Å². The molecule has 7 heteroatoms. The number of aromatic nitrogens is 2. The summed E-state index contributed by atoms with van der Waals surface area (Å²) in [5.74, 6) is 1.57. The molecule has 1 aliphatic rings. The monoisotopic (exact) mass is 429 g/mol. The topological polar surface area (TPSA) is 47.4 Å². The average molecular weight is 430 g/mol. The van der Waals surface area contributed by atoms with Crippen LogP contribution in [-0.2, 0) is 11.3 Å². The van der Waals surface area contributed by atoms with Gasteiger partial charge in [0.25, 0.3) is 0 Å². The van der Waals surface area contributed by atoms with E-state index in [0.717, 1.165) is 42.1 Å². The normalized spacial score (nSPS) is 14.3. The van der Waals surface area contributed by atoms with Gasteiger partial charge >= 0.3 is 0 Å². The van der Waals surface area contributed by atoms with Crippen LogP contribution >= 0.6 is 23.4 Å². The minimum Gasteiger partial charge on any atom is -0.491 e. The molecule has 1 fully saturated rings. The zero-order chi connectivity index (χ0) is 20.1. The number of amides is 1. The maximum atomic E-state index is 12.8. The Kier molecular flexibility index (Phi) is 6.62. The molecular formula is C22H24ClN3O2S. The van der Waals surface area contributed by atoms with Gasteiger partial charge in [0.1, 0.15) is 12.3 Å². The molecule has 4 rings (SSSR count). The number of imidazole rings is 1. The molecule has 1 aromatic heterocycles. The highest BCUT2D eigenvalue weighted by atomic mass is 35.5. The maximum Gasteiger partial charge on any atom is 0.242 e. The van der Waals surface area contributed by atoms with Crippen molar-refractivity contribution in [2.45, 2.75) is 31.0 Å². The molecule has 1 saturated heterocycles. The van der Waals surface area contributed by atoms with Crippen molar-refractivity contribution in [3.05, 3.63) is 53.6 Å². The Morgan fingerprint density at radius 2 is 1.83 bits per heavy atom. The molecule has 0 aliphatic carbocycles. The first-order valence-corrected chi connectivity index (χ1v) is 11.3. The van der Waals surface area contributed by atoms with Crippen molar-refractivity contribution in [1.29, 1.82) is 0 Å². The van der Waals surface area contributed by atoms with Crippen molar-refractivity contribution < 1.29 is 9.53 Å². The van der Waals surface area contributed by atoms with Gasteiger partial charge in [-0.3, -0.25) is 4.79 Å². The minimum atomic E-state index is 0.169. The summed E-state index contributed by atoms with van der Waals surface area (Å²) in [6.45, 7) is 2.56. The van der Waals surface area contributed by atoms with E-state index < -0.39 is 0 Å². The summed E-state index contributed by atoms with van der Waals surface area (Å²) in [7, 11) is 0. The largest absolute Gasteiger partial charge is 0.491 e. The number of carbonyl (C=O) groups excluding carboxylic acids is 1. The van der Waals surface area contributed by atoms with Crippen LogP contribution in [0.4, 0.5) is 0 Å². The average Bonchev–Trinajstić information content (AvgIpc) is 3.10. The molecular weight excluding hydrogens is 406 g/mol. The van der Waals surface area contributed by atoms with Crippen LogP contribution in [0.5, 0.6) is 5.75 Å². The number of piperidine rings is 1. The van der Waals surface area contributed by atoms with Crippen LogP contribution in [0.3, 0.4) is 0 Å². The highest BCUT2D eigenvalue weighted by Crippen LogP contribution is 2.26. The lowest BCUT2D eigenvalue weighted by Crippen LogP contribution is -2.37. The van der Waals surface area contributed by atoms with Crippen molar-refractivity contribution in [2.24, 2.45) is 0 Å². The van der Waals surface area contributed by atoms with Gasteiger partial charge in [0.2, 0.25) is 5.91 Å². The second kappa shape index (κ2) is 9.55. The van der Waals surface area contributed by atoms with Gasteiger partial charge in [-0.15, -0.1) is 0 Å². The molecule has 0 unspecified atom stereocenters. The summed E-state index contributed by atoms with van der Waals surface area (Å²) in [5, 5.41) is 1.45. The first-order valence-electron chi connectivity index (χ1n) is 9.95. The van der Waals surface area contributed by atoms with Crippen molar-refractivity contribution >= 4 is 40.3 Å². The number of ether oxygens (including phenoxy) is 1. The standard InChI is InChI=1S/C22H24ClN3O2S/c23-17-8-2-5-11-20(17)28-14-15-29-22-24-18-9-3-4-10-19(18)26(22)16-21(27)25-12-6-1-7-13-25/h2-5,8-11H,1,6-7,12-16H2. The molecule has 3 aromatic rings. The molecule has 5 nitrogen and oxygen atoms in total. The van der Waals surface area contributed by atoms with Crippen LogP contribution in [0.25, 0.3) is 11.0 Å². The molecule has 0 N–H and O–H groups in total. The lowest BCUT2D eigenvalue weighted by molar-refractivity contribution is -0.132. The van der Waals surface area contributed by atoms with Crippen LogP contribution < -0.4 is 4.74 Å². The van der Waals surface area contributed by atoms with E-state index in [-0.39, 0.29) is 5.91 Å². The molecule has 1 amide bonds. The van der Waals surface area contributed by atoms with Gasteiger partial charge in [-0.25, -0.2) is 4.98 Å². The molecule has 1 aliphatic heterocycles. The number of rotatable bonds is 7. The number of thioether (sulfide) groups is 1. The van der Waals surface area contributed by atoms with E-state index in [2.05, 4.69) is 0 Å². The highest BCUT2D eigenvalue weighted by molar-refractivity contribution is 7.99. The molecule has 0 spiro atoms. The van der Waals surface area contributed by atoms with E-state index in [4.69, 9.17) is 21.3 Å². The molecule has 0 bridgehead atoms. The number of nitrogens with zero attached hydrogens (tertiary/aromatic N) is 3. The molecule has 2 aromatic carbocycles. The van der Waals surface area contributed by atoms with Crippen molar-refractivity contribution in [3.63, 3.8) is 0 Å². The Labute approximate surface area is 180 Å². The van der Waals surface area contributed by atoms with Crippen LogP contribution in [0.15, 0.2) is 53.7 Å². The fraction of sp³-hybridized carbons (Fsp3) is 0.364. The van der Waals surface area contributed by atoms with Gasteiger partial charge in [0.05, 0.1) is 22.7 Å². The van der Waals surface area contributed by atoms with E-state index in [1.54, 1.807) is 11.8 Å². The van der Waals surface area contributed by atoms with Gasteiger partial charge in [0, 0.05) is 18.8 Å². The summed E-state index contributed by atoms with van der Waals surface area (Å²) in [4.78, 5) is 19.6. The van der Waals surface area contributed by atoms with Crippen LogP contribution in [0.1, 0.15) is 19.3 Å². The first kappa shape index (κ1) is 20.1. The summed E-state index contributed by atoms with van der Waals surface area (Å²) in [6, 6.07) is 15.4. The van der Waals surface area contributed by atoms with E-state index in [0.29, 0.717) is 29.7 Å². The van der Waals surface area contributed by atoms with E-state index >= 15 is 0 Å². The van der Waals surface area contributed by atoms with Gasteiger partial charge in [-0.1, -0.05) is 47.6 Å². The van der Waals surface area contributed by atoms with Crippen molar-refractivity contribution in [2.75, 3.05) is 25.4 Å². The lowest BCUT2D eigenvalue weighted by atomic mass is 10.1. The Balaban J connectivity index is 1.44. The smallest absolute Gasteiger partial charge is 0.242 e. The molecule has 2 heterocycles. The molecule has 0 atom stereocenters. The van der Waals surface area contributed by atoms with Crippen LogP contribution in [0, 0.1) is 0 Å². The van der Waals surface area contributed by atoms with E-state index in [1.807, 2.05) is 58.0 Å². The van der Waals surface area contributed by atoms with Gasteiger partial charge < -0.3 is 14.2 Å². The predicted molar refractivity (Wildman–Crippen MR) is 118 cm³/mol. The second-order valence-electron chi connectivity index (χ2n) is 7.04. The maximum absolute atomic E-state index is 12.8. The third-order valence-corrected chi connectivity index (χ3v) is 6.28. The van der Waals surface area contributed by atoms with Crippen LogP contribution in [0.2, 0.25) is 5.02 Å². The first-order chi connectivity index (χ1) is 14.2. The number of likely N-dealkylation sites (tertiary alicyclic amines) is 1. The quantitative estimate of drug-likeness (QED) is 0.397. The Hall–Kier alpha value is -2.18. The predicted octanol–water partition coefficient (Wildman–Crippen LogP) is 4.87. The zero-order valence-corrected chi connectivity index (χ0v) is 17.8. The van der Waals surface area contributed by atoms with E-state index in [9.17, 15) is 4.79 Å². The fourth-order valence-electron chi connectivity index (χ4n) is 3.54. The summed E-state index contributed by atoms with van der Waals surface area (Å²) in [5.41, 5.74) is 1.90. The summed E-state index contributed by atoms with van der Waals surface area (Å²) in [6.07, 6.45) is 3.40. The molecule has 29 heavy (non-hydrogen) atoms. The number of benzene rings is 2. The highest BCUT2D eigenvalue weighted by Gasteiger charge is 2.20. The third kappa shape index (κ3) is 4.87. The number of para-hydroxylation sites is 3. The molecule has 0 radical (unpaired) electrons. The molecule has 152 valence electrons. The summed E-state index contributed by atoms with van der Waals surface area (Å²) < 4.78 is 7.82. The van der Waals surface area contributed by atoms with Crippen LogP contribution in [-0.4, -0.2) is 45.8 Å². The number of carbonyl (C=O) groups is 1. The lowest BCUT2D eigenvalue weighted by Gasteiger charge is -2.27. The zero-order valence-electron chi connectivity index (χ0n) is 16.2. The number of fused-ring (bicyclic) bond motifs is 1. The Bertz CT molecular complexity index is 985. The number of hydrogen-bond donors (Lipinski definition) is 0. The number of hydrogen-bond acceptors (Lipinski definition) is 4. The van der Waals surface area contributed by atoms with Crippen molar-refractivity contribution in [1.82, 2.24) is 14.5 Å². The third-order valence-electron chi connectivity index (χ3n) is 5.03.